The van der Waals surface area contributed by atoms with Crippen LogP contribution in [0.4, 0.5) is 0 Å². The average molecular weight is 317 g/mol. The summed E-state index contributed by atoms with van der Waals surface area (Å²) >= 11 is 0. The van der Waals surface area contributed by atoms with E-state index >= 15 is 0 Å². The molecule has 0 aromatic carbocycles. The molecule has 0 fully saturated rings. The predicted octanol–water partition coefficient (Wildman–Crippen LogP) is 6.62. The van der Waals surface area contributed by atoms with Gasteiger partial charge in [-0.15, -0.1) is 0 Å². The van der Waals surface area contributed by atoms with Gasteiger partial charge in [0.25, 0.3) is 0 Å². The van der Waals surface area contributed by atoms with Gasteiger partial charge in [-0.3, -0.25) is 4.99 Å². The van der Waals surface area contributed by atoms with E-state index in [2.05, 4.69) is 37.4 Å². The molecule has 0 radical (unpaired) electrons. The SMILES string of the molecule is C=C/C=C\C=C(/C=C)C(=CC)/C=C(\C=C/C)C(=C/C=C)/N=C\C=C. The van der Waals surface area contributed by atoms with Crippen molar-refractivity contribution in [1.29, 1.82) is 0 Å². The summed E-state index contributed by atoms with van der Waals surface area (Å²) in [6, 6.07) is 0. The smallest absolute Gasteiger partial charge is 0.0701 e. The molecule has 0 amide bonds. The Hall–Kier alpha value is -2.93. The Morgan fingerprint density at radius 1 is 0.792 bits per heavy atom. The van der Waals surface area contributed by atoms with Crippen LogP contribution in [0.1, 0.15) is 13.8 Å². The fraction of sp³-hybridized carbons (Fsp3) is 0.0870. The maximum Gasteiger partial charge on any atom is 0.0701 e. The number of hydrogen-bond acceptors (Lipinski definition) is 1. The molecule has 0 aromatic rings. The molecule has 0 unspecified atom stereocenters. The highest BCUT2D eigenvalue weighted by atomic mass is 14.7. The second-order valence-corrected chi connectivity index (χ2v) is 4.59. The standard InChI is InChI=1S/C23H27N/c1-7-13-14-17-20(11-5)21(12-6)19-22(15-8-2)23(16-9-3)24-18-10-4/h7-19H,1,3-5H2,2,6H3/b14-13-,15-8-,20-17+,21-12?,22-19+,23-16-,24-18-. The third kappa shape index (κ3) is 7.90. The molecule has 124 valence electrons. The van der Waals surface area contributed by atoms with E-state index in [0.717, 1.165) is 22.4 Å². The van der Waals surface area contributed by atoms with Gasteiger partial charge in [0.15, 0.2) is 0 Å². The minimum atomic E-state index is 0.812. The molecule has 24 heavy (non-hydrogen) atoms. The Balaban J connectivity index is 6.08. The maximum absolute atomic E-state index is 4.43. The molecule has 0 aliphatic carbocycles. The molecule has 1 heteroatoms. The quantitative estimate of drug-likeness (QED) is 0.317. The summed E-state index contributed by atoms with van der Waals surface area (Å²) in [5.41, 5.74) is 3.86. The fourth-order valence-electron chi connectivity index (χ4n) is 1.87. The largest absolute Gasteiger partial charge is 0.256 e. The summed E-state index contributed by atoms with van der Waals surface area (Å²) in [6.07, 6.45) is 24.4. The lowest BCUT2D eigenvalue weighted by molar-refractivity contribution is 1.33. The van der Waals surface area contributed by atoms with Crippen molar-refractivity contribution in [2.45, 2.75) is 13.8 Å². The molecule has 0 saturated carbocycles. The first-order valence-corrected chi connectivity index (χ1v) is 7.79. The molecule has 0 bridgehead atoms. The van der Waals surface area contributed by atoms with Crippen LogP contribution in [-0.2, 0) is 0 Å². The monoisotopic (exact) mass is 317 g/mol. The first kappa shape index (κ1) is 21.1. The zero-order valence-electron chi connectivity index (χ0n) is 14.8. The zero-order valence-corrected chi connectivity index (χ0v) is 14.8. The van der Waals surface area contributed by atoms with Crippen LogP contribution < -0.4 is 0 Å². The van der Waals surface area contributed by atoms with Gasteiger partial charge >= 0.3 is 0 Å². The summed E-state index contributed by atoms with van der Waals surface area (Å²) in [5.74, 6) is 0. The van der Waals surface area contributed by atoms with Crippen molar-refractivity contribution in [3.8, 4) is 0 Å². The average Bonchev–Trinajstić information content (AvgIpc) is 2.60. The molecular formula is C23H27N. The molecule has 1 nitrogen and oxygen atoms in total. The highest BCUT2D eigenvalue weighted by molar-refractivity contribution is 5.72. The van der Waals surface area contributed by atoms with E-state index in [0.29, 0.717) is 0 Å². The van der Waals surface area contributed by atoms with E-state index < -0.39 is 0 Å². The lowest BCUT2D eigenvalue weighted by Gasteiger charge is -2.07. The topological polar surface area (TPSA) is 12.4 Å². The summed E-state index contributed by atoms with van der Waals surface area (Å²) in [5, 5.41) is 0. The molecule has 0 aliphatic heterocycles. The van der Waals surface area contributed by atoms with Crippen molar-refractivity contribution >= 4 is 6.21 Å². The van der Waals surface area contributed by atoms with Gasteiger partial charge in [0.05, 0.1) is 5.70 Å². The van der Waals surface area contributed by atoms with E-state index in [-0.39, 0.29) is 0 Å². The van der Waals surface area contributed by atoms with Crippen molar-refractivity contribution in [2.24, 2.45) is 4.99 Å². The second kappa shape index (κ2) is 13.7. The maximum atomic E-state index is 4.43. The third-order valence-electron chi connectivity index (χ3n) is 2.93. The van der Waals surface area contributed by atoms with Crippen LogP contribution in [0.5, 0.6) is 0 Å². The lowest BCUT2D eigenvalue weighted by Crippen LogP contribution is -1.89. The molecule has 0 rings (SSSR count). The van der Waals surface area contributed by atoms with E-state index in [4.69, 9.17) is 0 Å². The Bertz CT molecular complexity index is 656. The van der Waals surface area contributed by atoms with Gasteiger partial charge in [-0.05, 0) is 37.1 Å². The van der Waals surface area contributed by atoms with Gasteiger partial charge in [0.1, 0.15) is 0 Å². The first-order valence-electron chi connectivity index (χ1n) is 7.79. The molecule has 0 N–H and O–H groups in total. The number of rotatable bonds is 10. The Labute approximate surface area is 147 Å². The van der Waals surface area contributed by atoms with Crippen LogP contribution in [0, 0.1) is 0 Å². The van der Waals surface area contributed by atoms with E-state index in [1.54, 1.807) is 24.4 Å². The fourth-order valence-corrected chi connectivity index (χ4v) is 1.87. The van der Waals surface area contributed by atoms with Crippen LogP contribution in [0.2, 0.25) is 0 Å². The van der Waals surface area contributed by atoms with Gasteiger partial charge in [-0.2, -0.15) is 0 Å². The molecule has 0 aliphatic rings. The van der Waals surface area contributed by atoms with Crippen molar-refractivity contribution in [3.63, 3.8) is 0 Å². The van der Waals surface area contributed by atoms with Crippen molar-refractivity contribution in [1.82, 2.24) is 0 Å². The summed E-state index contributed by atoms with van der Waals surface area (Å²) in [6.45, 7) is 19.0. The van der Waals surface area contributed by atoms with Gasteiger partial charge in [-0.1, -0.05) is 87.1 Å². The summed E-state index contributed by atoms with van der Waals surface area (Å²) < 4.78 is 0. The number of hydrogen-bond donors (Lipinski definition) is 0. The molecule has 0 heterocycles. The van der Waals surface area contributed by atoms with Crippen LogP contribution in [0.25, 0.3) is 0 Å². The number of nitrogens with zero attached hydrogens (tertiary/aromatic N) is 1. The Morgan fingerprint density at radius 3 is 2.04 bits per heavy atom. The van der Waals surface area contributed by atoms with Crippen LogP contribution >= 0.6 is 0 Å². The zero-order chi connectivity index (χ0) is 18.2. The second-order valence-electron chi connectivity index (χ2n) is 4.59. The molecule has 0 atom stereocenters. The van der Waals surface area contributed by atoms with E-state index in [9.17, 15) is 0 Å². The van der Waals surface area contributed by atoms with E-state index in [1.807, 2.05) is 62.5 Å². The number of allylic oxidation sites excluding steroid dienone is 14. The summed E-state index contributed by atoms with van der Waals surface area (Å²) in [7, 11) is 0. The summed E-state index contributed by atoms with van der Waals surface area (Å²) in [4.78, 5) is 4.43. The molecular weight excluding hydrogens is 290 g/mol. The van der Waals surface area contributed by atoms with Gasteiger partial charge in [0, 0.05) is 11.8 Å². The van der Waals surface area contributed by atoms with Crippen molar-refractivity contribution < 1.29 is 0 Å². The molecule has 0 spiro atoms. The third-order valence-corrected chi connectivity index (χ3v) is 2.93. The Morgan fingerprint density at radius 2 is 1.54 bits per heavy atom. The Kier molecular flexibility index (Phi) is 12.0. The van der Waals surface area contributed by atoms with Crippen LogP contribution in [-0.4, -0.2) is 6.21 Å². The van der Waals surface area contributed by atoms with Gasteiger partial charge < -0.3 is 0 Å². The van der Waals surface area contributed by atoms with Gasteiger partial charge in [-0.25, -0.2) is 0 Å². The predicted molar refractivity (Wildman–Crippen MR) is 111 cm³/mol. The molecule has 0 saturated heterocycles. The van der Waals surface area contributed by atoms with Crippen LogP contribution in [0.15, 0.2) is 127 Å². The minimum Gasteiger partial charge on any atom is -0.256 e. The number of aliphatic imine (C=N–C) groups is 1. The van der Waals surface area contributed by atoms with Crippen LogP contribution in [0.3, 0.4) is 0 Å². The van der Waals surface area contributed by atoms with Crippen molar-refractivity contribution in [3.05, 3.63) is 122 Å². The van der Waals surface area contributed by atoms with Crippen molar-refractivity contribution in [2.75, 3.05) is 0 Å². The highest BCUT2D eigenvalue weighted by Crippen LogP contribution is 2.21. The normalized spacial score (nSPS) is 14.6. The first-order chi connectivity index (χ1) is 11.7. The lowest BCUT2D eigenvalue weighted by atomic mass is 10.00. The van der Waals surface area contributed by atoms with E-state index in [1.165, 1.54) is 0 Å². The highest BCUT2D eigenvalue weighted by Gasteiger charge is 2.03. The minimum absolute atomic E-state index is 0.812. The van der Waals surface area contributed by atoms with Gasteiger partial charge in [0.2, 0.25) is 0 Å². The molecule has 0 aromatic heterocycles.